The smallest absolute Gasteiger partial charge is 0.268 e. The van der Waals surface area contributed by atoms with Gasteiger partial charge in [-0.2, -0.15) is 0 Å². The molecule has 6 nitrogen and oxygen atoms in total. The lowest BCUT2D eigenvalue weighted by molar-refractivity contribution is -0.125. The maximum atomic E-state index is 13.4. The zero-order chi connectivity index (χ0) is 20.4. The van der Waals surface area contributed by atoms with Crippen molar-refractivity contribution in [1.29, 1.82) is 0 Å². The first-order valence-corrected chi connectivity index (χ1v) is 9.77. The number of carbonyl (C=O) groups is 2. The highest BCUT2D eigenvalue weighted by molar-refractivity contribution is 6.31. The van der Waals surface area contributed by atoms with E-state index < -0.39 is 12.0 Å². The van der Waals surface area contributed by atoms with Crippen LogP contribution in [0.15, 0.2) is 47.6 Å². The zero-order valence-electron chi connectivity index (χ0n) is 15.5. The van der Waals surface area contributed by atoms with Gasteiger partial charge in [0.05, 0.1) is 17.0 Å². The second-order valence-corrected chi connectivity index (χ2v) is 7.46. The van der Waals surface area contributed by atoms with Crippen molar-refractivity contribution in [2.45, 2.75) is 25.4 Å². The van der Waals surface area contributed by atoms with Gasteiger partial charge in [-0.25, -0.2) is 4.39 Å². The molecule has 2 aromatic carbocycles. The standard InChI is InChI=1S/C21H19ClFN3O3/c22-14-6-7-16(21(28)26-8-1-2-9-26)18(11-14)24-20(27)19-12-17(25-29-19)13-4-3-5-15(23)10-13/h3-7,10-11,19H,1-2,8-9,12H2,(H,24,27). The lowest BCUT2D eigenvalue weighted by Gasteiger charge is -2.19. The molecule has 2 heterocycles. The summed E-state index contributed by atoms with van der Waals surface area (Å²) in [5.41, 5.74) is 1.77. The van der Waals surface area contributed by atoms with Crippen LogP contribution in [0.25, 0.3) is 0 Å². The van der Waals surface area contributed by atoms with Gasteiger partial charge in [-0.05, 0) is 43.2 Å². The van der Waals surface area contributed by atoms with Crippen LogP contribution in [0, 0.1) is 5.82 Å². The Hall–Kier alpha value is -2.93. The summed E-state index contributed by atoms with van der Waals surface area (Å²) in [6, 6.07) is 10.7. The van der Waals surface area contributed by atoms with Crippen LogP contribution < -0.4 is 5.32 Å². The van der Waals surface area contributed by atoms with Crippen molar-refractivity contribution in [2.24, 2.45) is 5.16 Å². The Morgan fingerprint density at radius 2 is 1.97 bits per heavy atom. The van der Waals surface area contributed by atoms with Crippen molar-refractivity contribution < 1.29 is 18.8 Å². The summed E-state index contributed by atoms with van der Waals surface area (Å²) >= 11 is 6.08. The van der Waals surface area contributed by atoms with Crippen LogP contribution in [-0.4, -0.2) is 41.6 Å². The fraction of sp³-hybridized carbons (Fsp3) is 0.286. The number of carbonyl (C=O) groups excluding carboxylic acids is 2. The van der Waals surface area contributed by atoms with Gasteiger partial charge in [-0.15, -0.1) is 0 Å². The second kappa shape index (κ2) is 8.21. The van der Waals surface area contributed by atoms with Crippen molar-refractivity contribution in [3.63, 3.8) is 0 Å². The third-order valence-corrected chi connectivity index (χ3v) is 5.22. The number of nitrogens with zero attached hydrogens (tertiary/aromatic N) is 2. The Balaban J connectivity index is 1.47. The van der Waals surface area contributed by atoms with Gasteiger partial charge in [-0.3, -0.25) is 9.59 Å². The minimum atomic E-state index is -0.873. The summed E-state index contributed by atoms with van der Waals surface area (Å²) in [6.45, 7) is 1.40. The lowest BCUT2D eigenvalue weighted by atomic mass is 10.0. The van der Waals surface area contributed by atoms with Gasteiger partial charge in [0.25, 0.3) is 11.8 Å². The summed E-state index contributed by atoms with van der Waals surface area (Å²) in [5, 5.41) is 7.06. The molecule has 1 atom stereocenters. The van der Waals surface area contributed by atoms with E-state index in [1.807, 2.05) is 0 Å². The largest absolute Gasteiger partial charge is 0.382 e. The number of nitrogens with one attached hydrogen (secondary N) is 1. The number of likely N-dealkylation sites (tertiary alicyclic amines) is 1. The number of anilines is 1. The van der Waals surface area contributed by atoms with Crippen LogP contribution >= 0.6 is 11.6 Å². The molecular weight excluding hydrogens is 397 g/mol. The van der Waals surface area contributed by atoms with Gasteiger partial charge in [0.15, 0.2) is 0 Å². The van der Waals surface area contributed by atoms with Gasteiger partial charge in [0.2, 0.25) is 6.10 Å². The third kappa shape index (κ3) is 4.24. The average Bonchev–Trinajstić information content (AvgIpc) is 3.40. The molecule has 8 heteroatoms. The first-order chi connectivity index (χ1) is 14.0. The van der Waals surface area contributed by atoms with E-state index in [1.165, 1.54) is 12.1 Å². The monoisotopic (exact) mass is 415 g/mol. The minimum absolute atomic E-state index is 0.140. The summed E-state index contributed by atoms with van der Waals surface area (Å²) in [6.07, 6.45) is 1.27. The molecule has 1 unspecified atom stereocenters. The number of hydrogen-bond acceptors (Lipinski definition) is 4. The Labute approximate surface area is 172 Å². The minimum Gasteiger partial charge on any atom is -0.382 e. The van der Waals surface area contributed by atoms with Crippen LogP contribution in [0.4, 0.5) is 10.1 Å². The summed E-state index contributed by atoms with van der Waals surface area (Å²) in [4.78, 5) is 32.5. The molecule has 2 aliphatic rings. The number of oxime groups is 1. The van der Waals surface area contributed by atoms with Gasteiger partial charge in [0, 0.05) is 30.1 Å². The van der Waals surface area contributed by atoms with E-state index in [-0.39, 0.29) is 18.1 Å². The van der Waals surface area contributed by atoms with Crippen molar-refractivity contribution in [3.05, 3.63) is 64.4 Å². The average molecular weight is 416 g/mol. The van der Waals surface area contributed by atoms with Crippen molar-refractivity contribution in [1.82, 2.24) is 4.90 Å². The number of rotatable bonds is 4. The molecule has 0 spiro atoms. The highest BCUT2D eigenvalue weighted by atomic mass is 35.5. The molecule has 2 aliphatic heterocycles. The molecule has 1 N–H and O–H groups in total. The molecule has 0 radical (unpaired) electrons. The Kier molecular flexibility index (Phi) is 5.49. The van der Waals surface area contributed by atoms with Crippen LogP contribution in [0.3, 0.4) is 0 Å². The van der Waals surface area contributed by atoms with E-state index in [2.05, 4.69) is 10.5 Å². The van der Waals surface area contributed by atoms with Crippen LogP contribution in [0.1, 0.15) is 35.2 Å². The molecular formula is C21H19ClFN3O3. The Bertz CT molecular complexity index is 989. The number of amides is 2. The maximum Gasteiger partial charge on any atom is 0.268 e. The predicted octanol–water partition coefficient (Wildman–Crippen LogP) is 3.85. The number of hydrogen-bond donors (Lipinski definition) is 1. The predicted molar refractivity (Wildman–Crippen MR) is 108 cm³/mol. The highest BCUT2D eigenvalue weighted by Crippen LogP contribution is 2.26. The molecule has 150 valence electrons. The van der Waals surface area contributed by atoms with Crippen LogP contribution in [-0.2, 0) is 9.63 Å². The number of halogens is 2. The highest BCUT2D eigenvalue weighted by Gasteiger charge is 2.30. The van der Waals surface area contributed by atoms with Gasteiger partial charge >= 0.3 is 0 Å². The van der Waals surface area contributed by atoms with E-state index in [9.17, 15) is 14.0 Å². The molecule has 2 amide bonds. The summed E-state index contributed by atoms with van der Waals surface area (Å²) in [7, 11) is 0. The van der Waals surface area contributed by atoms with Gasteiger partial charge < -0.3 is 15.1 Å². The first-order valence-electron chi connectivity index (χ1n) is 9.39. The summed E-state index contributed by atoms with van der Waals surface area (Å²) in [5.74, 6) is -0.974. The van der Waals surface area contributed by atoms with Crippen molar-refractivity contribution >= 4 is 34.8 Å². The normalized spacial score (nSPS) is 18.3. The Morgan fingerprint density at radius 1 is 1.17 bits per heavy atom. The molecule has 1 saturated heterocycles. The Morgan fingerprint density at radius 3 is 2.72 bits per heavy atom. The fourth-order valence-electron chi connectivity index (χ4n) is 3.47. The van der Waals surface area contributed by atoms with Crippen LogP contribution in [0.2, 0.25) is 5.02 Å². The number of benzene rings is 2. The fourth-order valence-corrected chi connectivity index (χ4v) is 3.64. The van der Waals surface area contributed by atoms with Gasteiger partial charge in [0.1, 0.15) is 5.82 Å². The van der Waals surface area contributed by atoms with Crippen molar-refractivity contribution in [3.8, 4) is 0 Å². The molecule has 4 rings (SSSR count). The van der Waals surface area contributed by atoms with E-state index >= 15 is 0 Å². The molecule has 0 bridgehead atoms. The zero-order valence-corrected chi connectivity index (χ0v) is 16.3. The summed E-state index contributed by atoms with van der Waals surface area (Å²) < 4.78 is 13.4. The molecule has 2 aromatic rings. The molecule has 1 fully saturated rings. The van der Waals surface area contributed by atoms with Crippen LogP contribution in [0.5, 0.6) is 0 Å². The lowest BCUT2D eigenvalue weighted by Crippen LogP contribution is -2.31. The third-order valence-electron chi connectivity index (χ3n) is 4.98. The van der Waals surface area contributed by atoms with E-state index in [1.54, 1.807) is 35.2 Å². The topological polar surface area (TPSA) is 71.0 Å². The SMILES string of the molecule is O=C(Nc1cc(Cl)ccc1C(=O)N1CCCC1)C1CC(c2cccc(F)c2)=NO1. The quantitative estimate of drug-likeness (QED) is 0.824. The molecule has 0 aliphatic carbocycles. The van der Waals surface area contributed by atoms with Crippen molar-refractivity contribution in [2.75, 3.05) is 18.4 Å². The maximum absolute atomic E-state index is 13.4. The van der Waals surface area contributed by atoms with E-state index in [0.717, 1.165) is 12.8 Å². The van der Waals surface area contributed by atoms with E-state index in [0.29, 0.717) is 40.6 Å². The molecule has 0 saturated carbocycles. The van der Waals surface area contributed by atoms with Gasteiger partial charge in [-0.1, -0.05) is 28.9 Å². The molecule has 29 heavy (non-hydrogen) atoms. The van der Waals surface area contributed by atoms with E-state index in [4.69, 9.17) is 16.4 Å². The molecule has 0 aromatic heterocycles. The first kappa shape index (κ1) is 19.4. The second-order valence-electron chi connectivity index (χ2n) is 7.02.